The van der Waals surface area contributed by atoms with E-state index in [2.05, 4.69) is 5.32 Å². The fraction of sp³-hybridized carbons (Fsp3) is 0.200. The molecular weight excluding hydrogens is 743 g/mol. The lowest BCUT2D eigenvalue weighted by Gasteiger charge is -2.34. The summed E-state index contributed by atoms with van der Waals surface area (Å²) in [5.41, 5.74) is 2.54. The molecule has 0 unspecified atom stereocenters. The molecule has 2 aliphatic heterocycles. The molecule has 1 fully saturated rings. The number of aliphatic imine (C=N–C) groups is 1. The molecule has 0 spiro atoms. The zero-order chi connectivity index (χ0) is 40.4. The van der Waals surface area contributed by atoms with Crippen LogP contribution in [0.5, 0.6) is 0 Å². The lowest BCUT2D eigenvalue weighted by Crippen LogP contribution is -2.54. The van der Waals surface area contributed by atoms with Crippen LogP contribution in [0.3, 0.4) is 0 Å². The van der Waals surface area contributed by atoms with E-state index in [0.717, 1.165) is 5.56 Å². The summed E-state index contributed by atoms with van der Waals surface area (Å²) in [6.07, 6.45) is -5.06. The van der Waals surface area contributed by atoms with Crippen molar-refractivity contribution in [3.05, 3.63) is 179 Å². The van der Waals surface area contributed by atoms with Gasteiger partial charge in [0.05, 0.1) is 48.4 Å². The molecule has 13 nitrogen and oxygen atoms in total. The van der Waals surface area contributed by atoms with Crippen LogP contribution in [-0.2, 0) is 35.0 Å². The Bertz CT molecular complexity index is 2250. The largest absolute Gasteiger partial charge is 0.465 e. The van der Waals surface area contributed by atoms with Crippen LogP contribution < -0.4 is 5.32 Å². The third kappa shape index (κ3) is 9.28. The van der Waals surface area contributed by atoms with Gasteiger partial charge in [-0.25, -0.2) is 24.2 Å². The van der Waals surface area contributed by atoms with Crippen molar-refractivity contribution < 1.29 is 47.7 Å². The fourth-order valence-corrected chi connectivity index (χ4v) is 6.57. The van der Waals surface area contributed by atoms with Gasteiger partial charge >= 0.3 is 23.9 Å². The first kappa shape index (κ1) is 39.1. The van der Waals surface area contributed by atoms with E-state index in [1.54, 1.807) is 115 Å². The van der Waals surface area contributed by atoms with Gasteiger partial charge in [-0.3, -0.25) is 9.69 Å². The van der Waals surface area contributed by atoms with Crippen LogP contribution in [0.25, 0.3) is 0 Å². The summed E-state index contributed by atoms with van der Waals surface area (Å²) in [6.45, 7) is -0.355. The number of rotatable bonds is 12. The minimum absolute atomic E-state index is 0.0410. The van der Waals surface area contributed by atoms with Gasteiger partial charge in [0, 0.05) is 0 Å². The number of methoxy groups -OCH3 is 1. The number of hydrogen-bond acceptors (Lipinski definition) is 12. The molecular formula is C45H39N3O10. The van der Waals surface area contributed by atoms with E-state index in [0.29, 0.717) is 11.1 Å². The van der Waals surface area contributed by atoms with E-state index >= 15 is 0 Å². The zero-order valence-electron chi connectivity index (χ0n) is 31.3. The van der Waals surface area contributed by atoms with Gasteiger partial charge in [-0.2, -0.15) is 0 Å². The molecule has 5 aromatic rings. The first-order chi connectivity index (χ1) is 28.3. The molecule has 5 aromatic carbocycles. The highest BCUT2D eigenvalue weighted by atomic mass is 16.7. The normalized spacial score (nSPS) is 20.0. The second kappa shape index (κ2) is 18.2. The van der Waals surface area contributed by atoms with Gasteiger partial charge in [-0.1, -0.05) is 97.1 Å². The Hall–Kier alpha value is -7.12. The van der Waals surface area contributed by atoms with Gasteiger partial charge in [-0.15, -0.1) is 0 Å². The van der Waals surface area contributed by atoms with E-state index < -0.39 is 61.1 Å². The monoisotopic (exact) mass is 781 g/mol. The van der Waals surface area contributed by atoms with Gasteiger partial charge in [0.15, 0.2) is 18.4 Å². The van der Waals surface area contributed by atoms with Crippen molar-refractivity contribution >= 4 is 35.7 Å². The van der Waals surface area contributed by atoms with Gasteiger partial charge in [0.2, 0.25) is 11.9 Å². The number of nitrogens with zero attached hydrogens (tertiary/aromatic N) is 2. The molecule has 1 amide bonds. The van der Waals surface area contributed by atoms with Crippen LogP contribution in [0.1, 0.15) is 65.0 Å². The van der Waals surface area contributed by atoms with E-state index in [4.69, 9.17) is 28.7 Å². The quantitative estimate of drug-likeness (QED) is 0.118. The highest BCUT2D eigenvalue weighted by molar-refractivity contribution is 5.99. The summed E-state index contributed by atoms with van der Waals surface area (Å²) >= 11 is 0. The molecule has 1 saturated heterocycles. The van der Waals surface area contributed by atoms with Gasteiger partial charge in [0.25, 0.3) is 0 Å². The SMILES string of the molecule is COC(=O)c1ccc(CN2C(=O)C[C@@H](c3ccccc3)N=C2N[C@@H]2O[C@H](COC(=O)c3ccccc3)[C@@H](OC(=O)c3ccccc3)[C@H]2OC(=O)c2ccccc2)cc1. The summed E-state index contributed by atoms with van der Waals surface area (Å²) in [5.74, 6) is -2.82. The Morgan fingerprint density at radius 2 is 1.16 bits per heavy atom. The van der Waals surface area contributed by atoms with Gasteiger partial charge in [-0.05, 0) is 59.7 Å². The predicted molar refractivity (Wildman–Crippen MR) is 209 cm³/mol. The van der Waals surface area contributed by atoms with Crippen molar-refractivity contribution in [2.75, 3.05) is 13.7 Å². The number of guanidine groups is 1. The number of carbonyl (C=O) groups is 5. The molecule has 0 bridgehead atoms. The fourth-order valence-electron chi connectivity index (χ4n) is 6.57. The molecule has 1 N–H and O–H groups in total. The van der Waals surface area contributed by atoms with Gasteiger partial charge in [0.1, 0.15) is 12.7 Å². The average molecular weight is 782 g/mol. The summed E-state index contributed by atoms with van der Waals surface area (Å²) < 4.78 is 29.2. The average Bonchev–Trinajstić information content (AvgIpc) is 3.58. The third-order valence-corrected chi connectivity index (χ3v) is 9.58. The lowest BCUT2D eigenvalue weighted by atomic mass is 10.0. The second-order valence-corrected chi connectivity index (χ2v) is 13.4. The van der Waals surface area contributed by atoms with Crippen molar-refractivity contribution in [2.24, 2.45) is 4.99 Å². The van der Waals surface area contributed by atoms with Crippen LogP contribution in [0.2, 0.25) is 0 Å². The number of benzene rings is 5. The first-order valence-corrected chi connectivity index (χ1v) is 18.5. The number of esters is 4. The van der Waals surface area contributed by atoms with Gasteiger partial charge < -0.3 is 29.0 Å². The van der Waals surface area contributed by atoms with E-state index in [9.17, 15) is 24.0 Å². The number of nitrogens with one attached hydrogen (secondary N) is 1. The number of hydrogen-bond donors (Lipinski definition) is 1. The Morgan fingerprint density at radius 3 is 1.71 bits per heavy atom. The number of ether oxygens (including phenoxy) is 5. The maximum atomic E-state index is 14.1. The Kier molecular flexibility index (Phi) is 12.3. The van der Waals surface area contributed by atoms with Crippen LogP contribution in [0, 0.1) is 0 Å². The molecule has 5 atom stereocenters. The smallest absolute Gasteiger partial charge is 0.338 e. The van der Waals surface area contributed by atoms with E-state index in [1.165, 1.54) is 12.0 Å². The molecule has 7 rings (SSSR count). The molecule has 0 saturated carbocycles. The predicted octanol–water partition coefficient (Wildman–Crippen LogP) is 5.93. The van der Waals surface area contributed by atoms with Crippen molar-refractivity contribution in [3.63, 3.8) is 0 Å². The van der Waals surface area contributed by atoms with Crippen molar-refractivity contribution in [1.29, 1.82) is 0 Å². The molecule has 0 aliphatic carbocycles. The van der Waals surface area contributed by atoms with Crippen LogP contribution in [0.15, 0.2) is 151 Å². The summed E-state index contributed by atoms with van der Waals surface area (Å²) in [5, 5.41) is 3.21. The topological polar surface area (TPSA) is 159 Å². The van der Waals surface area contributed by atoms with Crippen molar-refractivity contribution in [3.8, 4) is 0 Å². The maximum Gasteiger partial charge on any atom is 0.338 e. The summed E-state index contributed by atoms with van der Waals surface area (Å²) in [7, 11) is 1.29. The summed E-state index contributed by atoms with van der Waals surface area (Å²) in [6, 6.07) is 40.2. The highest BCUT2D eigenvalue weighted by Crippen LogP contribution is 2.31. The number of carbonyl (C=O) groups excluding carboxylic acids is 5. The lowest BCUT2D eigenvalue weighted by molar-refractivity contribution is -0.129. The van der Waals surface area contributed by atoms with Crippen molar-refractivity contribution in [2.45, 2.75) is 43.5 Å². The molecule has 0 aromatic heterocycles. The maximum absolute atomic E-state index is 14.1. The first-order valence-electron chi connectivity index (χ1n) is 18.5. The third-order valence-electron chi connectivity index (χ3n) is 9.58. The summed E-state index contributed by atoms with van der Waals surface area (Å²) in [4.78, 5) is 73.0. The Morgan fingerprint density at radius 1 is 0.655 bits per heavy atom. The molecule has 294 valence electrons. The molecule has 2 heterocycles. The molecule has 13 heteroatoms. The van der Waals surface area contributed by atoms with Crippen LogP contribution in [0.4, 0.5) is 0 Å². The molecule has 0 radical (unpaired) electrons. The second-order valence-electron chi connectivity index (χ2n) is 13.4. The minimum Gasteiger partial charge on any atom is -0.465 e. The number of amides is 1. The standard InChI is InChI=1S/C45H39N3O10/c1-54-41(50)34-24-22-29(23-25-34)27-48-37(49)26-35(30-14-6-2-7-15-30)46-45(48)47-40-39(58-44(53)33-20-12-5-13-21-33)38(57-43(52)32-18-10-4-11-19-32)36(56-40)28-55-42(51)31-16-8-3-9-17-31/h2-25,35-36,38-40H,26-28H2,1H3,(H,46,47)/t35-,36+,38+,39+,40+/m0/s1. The van der Waals surface area contributed by atoms with Crippen LogP contribution >= 0.6 is 0 Å². The molecule has 2 aliphatic rings. The zero-order valence-corrected chi connectivity index (χ0v) is 31.3. The van der Waals surface area contributed by atoms with E-state index in [1.807, 2.05) is 30.3 Å². The Balaban J connectivity index is 1.25. The van der Waals surface area contributed by atoms with E-state index in [-0.39, 0.29) is 41.5 Å². The Labute approximate surface area is 334 Å². The van der Waals surface area contributed by atoms with Crippen LogP contribution in [-0.4, -0.2) is 78.9 Å². The highest BCUT2D eigenvalue weighted by Gasteiger charge is 2.51. The van der Waals surface area contributed by atoms with Crippen molar-refractivity contribution in [1.82, 2.24) is 10.2 Å². The molecule has 58 heavy (non-hydrogen) atoms. The minimum atomic E-state index is -1.35.